The van der Waals surface area contributed by atoms with Crippen molar-refractivity contribution in [1.29, 1.82) is 0 Å². The van der Waals surface area contributed by atoms with Crippen molar-refractivity contribution >= 4 is 22.7 Å². The summed E-state index contributed by atoms with van der Waals surface area (Å²) in [5.74, 6) is -1.08. The highest BCUT2D eigenvalue weighted by Crippen LogP contribution is 2.38. The highest BCUT2D eigenvalue weighted by Gasteiger charge is 2.34. The number of rotatable bonds is 5. The number of nitrogens with zero attached hydrogens (tertiary/aromatic N) is 5. The van der Waals surface area contributed by atoms with Crippen LogP contribution in [0.1, 0.15) is 40.4 Å². The molecule has 0 aliphatic carbocycles. The van der Waals surface area contributed by atoms with Crippen LogP contribution in [0, 0.1) is 24.5 Å². The van der Waals surface area contributed by atoms with Crippen LogP contribution in [0.3, 0.4) is 0 Å². The van der Waals surface area contributed by atoms with Gasteiger partial charge in [-0.25, -0.2) is 13.8 Å². The van der Waals surface area contributed by atoms with Crippen molar-refractivity contribution < 1.29 is 22.0 Å². The normalized spacial score (nSPS) is 12.0. The number of halogens is 5. The predicted octanol–water partition coefficient (Wildman–Crippen LogP) is 5.56. The average Bonchev–Trinajstić information content (AvgIpc) is 3.21. The highest BCUT2D eigenvalue weighted by molar-refractivity contribution is 5.79. The molecule has 0 bridgehead atoms. The predicted molar refractivity (Wildman–Crippen MR) is 136 cm³/mol. The van der Waals surface area contributed by atoms with Crippen molar-refractivity contribution in [2.75, 3.05) is 11.5 Å². The molecule has 0 aliphatic heterocycles. The Kier molecular flexibility index (Phi) is 6.41. The summed E-state index contributed by atoms with van der Waals surface area (Å²) in [7, 11) is 0. The molecular weight excluding hydrogens is 517 g/mol. The van der Waals surface area contributed by atoms with Crippen molar-refractivity contribution in [3.63, 3.8) is 0 Å². The summed E-state index contributed by atoms with van der Waals surface area (Å²) in [6.07, 6.45) is -3.47. The molecule has 0 aliphatic rings. The Bertz CT molecular complexity index is 1690. The lowest BCUT2D eigenvalue weighted by atomic mass is 9.88. The topological polar surface area (TPSA) is 109 Å². The fraction of sp³-hybridized carbons (Fsp3) is 0.148. The number of nitrogen functional groups attached to an aromatic ring is 2. The molecule has 0 fully saturated rings. The van der Waals surface area contributed by atoms with Gasteiger partial charge in [-0.1, -0.05) is 30.3 Å². The van der Waals surface area contributed by atoms with Crippen LogP contribution in [-0.4, -0.2) is 24.7 Å². The van der Waals surface area contributed by atoms with Gasteiger partial charge in [0.15, 0.2) is 0 Å². The van der Waals surface area contributed by atoms with Crippen molar-refractivity contribution in [1.82, 2.24) is 24.7 Å². The molecule has 0 atom stereocenters. The van der Waals surface area contributed by atoms with Crippen LogP contribution in [0.2, 0.25) is 0 Å². The van der Waals surface area contributed by atoms with Gasteiger partial charge >= 0.3 is 6.18 Å². The Morgan fingerprint density at radius 2 is 1.67 bits per heavy atom. The molecule has 0 saturated heterocycles. The van der Waals surface area contributed by atoms with Gasteiger partial charge in [0.25, 0.3) is 5.95 Å². The van der Waals surface area contributed by atoms with E-state index in [-0.39, 0.29) is 46.2 Å². The monoisotopic (exact) mass is 538 g/mol. The van der Waals surface area contributed by atoms with Crippen LogP contribution < -0.4 is 11.5 Å². The zero-order chi connectivity index (χ0) is 28.1. The third-order valence-corrected chi connectivity index (χ3v) is 6.43. The summed E-state index contributed by atoms with van der Waals surface area (Å²) in [5.41, 5.74) is 13.3. The first-order valence-electron chi connectivity index (χ1n) is 11.7. The number of hydrogen-bond acceptors (Lipinski definition) is 6. The van der Waals surface area contributed by atoms with Crippen LogP contribution in [0.25, 0.3) is 17.0 Å². The molecule has 2 aromatic carbocycles. The van der Waals surface area contributed by atoms with Crippen molar-refractivity contribution in [3.8, 4) is 5.95 Å². The fourth-order valence-corrected chi connectivity index (χ4v) is 4.57. The summed E-state index contributed by atoms with van der Waals surface area (Å²) >= 11 is 0. The lowest BCUT2D eigenvalue weighted by Gasteiger charge is -2.20. The van der Waals surface area contributed by atoms with Gasteiger partial charge in [0.1, 0.15) is 28.8 Å². The standard InChI is InChI=1S/C27H21F5N7/c1-13-17(7-5-8-18(13)27(30,31)32)14(2)22-24(33)36-26(37-25(22)34)39-21-11-16(28)12-35-23(21)20(38-39)10-15-6-3-4-9-19(15)29/h3-9,11-12H,10H2,1-2H3,(H4,33,34,36,37). The molecule has 4 N–H and O–H groups in total. The summed E-state index contributed by atoms with van der Waals surface area (Å²) in [6.45, 7) is 2.93. The Labute approximate surface area is 219 Å². The van der Waals surface area contributed by atoms with Gasteiger partial charge in [0.05, 0.1) is 23.0 Å². The molecule has 3 aromatic heterocycles. The third kappa shape index (κ3) is 4.73. The van der Waals surface area contributed by atoms with E-state index >= 15 is 0 Å². The van der Waals surface area contributed by atoms with E-state index in [1.54, 1.807) is 25.1 Å². The Morgan fingerprint density at radius 1 is 0.974 bits per heavy atom. The number of aromatic nitrogens is 5. The number of benzene rings is 2. The van der Waals surface area contributed by atoms with Gasteiger partial charge in [0.2, 0.25) is 0 Å². The molecule has 1 radical (unpaired) electrons. The number of hydrogen-bond donors (Lipinski definition) is 2. The molecule has 0 spiro atoms. The van der Waals surface area contributed by atoms with Crippen molar-refractivity contribution in [3.05, 3.63) is 106 Å². The first-order valence-corrected chi connectivity index (χ1v) is 11.7. The Morgan fingerprint density at radius 3 is 2.33 bits per heavy atom. The van der Waals surface area contributed by atoms with Crippen LogP contribution in [0.4, 0.5) is 33.6 Å². The van der Waals surface area contributed by atoms with Gasteiger partial charge in [-0.15, -0.1) is 0 Å². The molecule has 0 unspecified atom stereocenters. The lowest BCUT2D eigenvalue weighted by Crippen LogP contribution is -2.16. The maximum Gasteiger partial charge on any atom is 0.416 e. The van der Waals surface area contributed by atoms with E-state index in [4.69, 9.17) is 11.5 Å². The lowest BCUT2D eigenvalue weighted by molar-refractivity contribution is -0.138. The first-order chi connectivity index (χ1) is 18.5. The minimum Gasteiger partial charge on any atom is -0.383 e. The molecule has 5 rings (SSSR count). The summed E-state index contributed by atoms with van der Waals surface area (Å²) in [5, 5.41) is 4.46. The summed E-state index contributed by atoms with van der Waals surface area (Å²) in [6, 6.07) is 11.1. The zero-order valence-corrected chi connectivity index (χ0v) is 20.7. The maximum absolute atomic E-state index is 14.3. The number of alkyl halides is 3. The fourth-order valence-electron chi connectivity index (χ4n) is 4.57. The van der Waals surface area contributed by atoms with E-state index in [2.05, 4.69) is 20.1 Å². The molecule has 0 saturated carbocycles. The van der Waals surface area contributed by atoms with E-state index < -0.39 is 23.4 Å². The van der Waals surface area contributed by atoms with E-state index in [1.165, 1.54) is 35.9 Å². The van der Waals surface area contributed by atoms with Gasteiger partial charge in [-0.05, 0) is 42.7 Å². The smallest absolute Gasteiger partial charge is 0.383 e. The van der Waals surface area contributed by atoms with E-state index in [0.29, 0.717) is 22.7 Å². The maximum atomic E-state index is 14.3. The van der Waals surface area contributed by atoms with Crippen molar-refractivity contribution in [2.45, 2.75) is 26.4 Å². The number of nitrogens with two attached hydrogens (primary N) is 2. The molecule has 3 heterocycles. The number of pyridine rings is 1. The number of fused-ring (bicyclic) bond motifs is 1. The van der Waals surface area contributed by atoms with Crippen molar-refractivity contribution in [2.24, 2.45) is 0 Å². The Balaban J connectivity index is 1.60. The zero-order valence-electron chi connectivity index (χ0n) is 20.7. The second kappa shape index (κ2) is 9.61. The largest absolute Gasteiger partial charge is 0.416 e. The minimum atomic E-state index is -4.54. The van der Waals surface area contributed by atoms with E-state index in [1.807, 2.05) is 0 Å². The van der Waals surface area contributed by atoms with Crippen LogP contribution >= 0.6 is 0 Å². The minimum absolute atomic E-state index is 0.00258. The molecule has 5 aromatic rings. The SMILES string of the molecule is C[C](c1cccc(C(F)(F)F)c1C)c1c(N)nc(-n2nc(Cc3ccccc3F)c3ncc(F)cc32)nc1N. The van der Waals surface area contributed by atoms with Crippen LogP contribution in [0.5, 0.6) is 0 Å². The third-order valence-electron chi connectivity index (χ3n) is 6.43. The van der Waals surface area contributed by atoms with Gasteiger partial charge in [-0.3, -0.25) is 0 Å². The molecule has 0 amide bonds. The number of anilines is 2. The van der Waals surface area contributed by atoms with E-state index in [9.17, 15) is 22.0 Å². The molecule has 39 heavy (non-hydrogen) atoms. The van der Waals surface area contributed by atoms with Crippen LogP contribution in [0.15, 0.2) is 54.7 Å². The quantitative estimate of drug-likeness (QED) is 0.284. The molecule has 12 heteroatoms. The van der Waals surface area contributed by atoms with Crippen LogP contribution in [-0.2, 0) is 12.6 Å². The molecule has 199 valence electrons. The van der Waals surface area contributed by atoms with Gasteiger partial charge in [-0.2, -0.15) is 32.9 Å². The second-order valence-electron chi connectivity index (χ2n) is 8.92. The average molecular weight is 539 g/mol. The first kappa shape index (κ1) is 26.0. The second-order valence-corrected chi connectivity index (χ2v) is 8.92. The van der Waals surface area contributed by atoms with Gasteiger partial charge in [0, 0.05) is 24.0 Å². The summed E-state index contributed by atoms with van der Waals surface area (Å²) in [4.78, 5) is 12.7. The van der Waals surface area contributed by atoms with Gasteiger partial charge < -0.3 is 11.5 Å². The molecule has 7 nitrogen and oxygen atoms in total. The highest BCUT2D eigenvalue weighted by atomic mass is 19.4. The molecular formula is C27H21F5N7. The Hall–Kier alpha value is -4.61. The summed E-state index contributed by atoms with van der Waals surface area (Å²) < 4.78 is 70.1. The van der Waals surface area contributed by atoms with E-state index in [0.717, 1.165) is 12.3 Å².